The zero-order chi connectivity index (χ0) is 18.9. The molecule has 1 aromatic heterocycles. The number of rotatable bonds is 6. The summed E-state index contributed by atoms with van der Waals surface area (Å²) in [6.07, 6.45) is 2.93. The summed E-state index contributed by atoms with van der Waals surface area (Å²) < 4.78 is 4.71. The van der Waals surface area contributed by atoms with Crippen molar-refractivity contribution < 1.29 is 14.3 Å². The molecule has 0 aliphatic carbocycles. The maximum Gasteiger partial charge on any atom is 0.409 e. The van der Waals surface area contributed by atoms with Gasteiger partial charge in [-0.3, -0.25) is 0 Å². The van der Waals surface area contributed by atoms with E-state index >= 15 is 0 Å². The van der Waals surface area contributed by atoms with E-state index in [0.29, 0.717) is 19.6 Å². The molecule has 0 unspecified atom stereocenters. The lowest BCUT2D eigenvalue weighted by Gasteiger charge is -2.31. The highest BCUT2D eigenvalue weighted by molar-refractivity contribution is 5.74. The van der Waals surface area contributed by atoms with Gasteiger partial charge >= 0.3 is 12.1 Å². The van der Waals surface area contributed by atoms with Gasteiger partial charge in [0.25, 0.3) is 0 Å². The average molecular weight is 363 g/mol. The van der Waals surface area contributed by atoms with Crippen LogP contribution in [0, 0.1) is 0 Å². The molecular formula is C18H29N5O3. The van der Waals surface area contributed by atoms with Gasteiger partial charge in [-0.05, 0) is 38.3 Å². The Morgan fingerprint density at radius 1 is 1.27 bits per heavy atom. The van der Waals surface area contributed by atoms with E-state index < -0.39 is 0 Å². The summed E-state index contributed by atoms with van der Waals surface area (Å²) in [5, 5.41) is 5.82. The van der Waals surface area contributed by atoms with Crippen molar-refractivity contribution in [2.75, 3.05) is 38.2 Å². The van der Waals surface area contributed by atoms with Crippen molar-refractivity contribution in [3.05, 3.63) is 23.9 Å². The molecule has 1 aliphatic heterocycles. The van der Waals surface area contributed by atoms with E-state index in [4.69, 9.17) is 4.74 Å². The number of anilines is 1. The molecule has 3 amide bonds. The molecule has 2 rings (SSSR count). The van der Waals surface area contributed by atoms with Gasteiger partial charge in [0.15, 0.2) is 0 Å². The molecule has 0 bridgehead atoms. The SMILES string of the molecule is CCN(CC)c1ccc(CNC(=O)NC2CCN(C(=O)OC)CC2)cn1. The number of pyridine rings is 1. The topological polar surface area (TPSA) is 86.8 Å². The number of hydrogen-bond acceptors (Lipinski definition) is 5. The number of likely N-dealkylation sites (tertiary alicyclic amines) is 1. The van der Waals surface area contributed by atoms with Gasteiger partial charge in [0.05, 0.1) is 7.11 Å². The summed E-state index contributed by atoms with van der Waals surface area (Å²) in [6, 6.07) is 3.83. The lowest BCUT2D eigenvalue weighted by atomic mass is 10.1. The van der Waals surface area contributed by atoms with Crippen LogP contribution in [0.4, 0.5) is 15.4 Å². The van der Waals surface area contributed by atoms with Crippen LogP contribution in [-0.4, -0.2) is 61.3 Å². The Balaban J connectivity index is 1.73. The van der Waals surface area contributed by atoms with Crippen LogP contribution in [0.25, 0.3) is 0 Å². The van der Waals surface area contributed by atoms with Gasteiger partial charge in [0, 0.05) is 45.0 Å². The number of hydrogen-bond donors (Lipinski definition) is 2. The number of carbonyl (C=O) groups is 2. The molecule has 1 aliphatic rings. The van der Waals surface area contributed by atoms with Crippen LogP contribution in [0.3, 0.4) is 0 Å². The standard InChI is InChI=1S/C18H29N5O3/c1-4-22(5-2)16-7-6-14(12-19-16)13-20-17(24)21-15-8-10-23(11-9-15)18(25)26-3/h6-7,12,15H,4-5,8-11,13H2,1-3H3,(H2,20,21,24). The Bertz CT molecular complexity index is 581. The summed E-state index contributed by atoms with van der Waals surface area (Å²) >= 11 is 0. The van der Waals surface area contributed by atoms with Gasteiger partial charge in [-0.15, -0.1) is 0 Å². The molecule has 0 saturated carbocycles. The van der Waals surface area contributed by atoms with Gasteiger partial charge in [0.1, 0.15) is 5.82 Å². The minimum absolute atomic E-state index is 0.0686. The maximum absolute atomic E-state index is 12.1. The lowest BCUT2D eigenvalue weighted by Crippen LogP contribution is -2.49. The van der Waals surface area contributed by atoms with Crippen LogP contribution in [0.2, 0.25) is 0 Å². The van der Waals surface area contributed by atoms with E-state index in [2.05, 4.69) is 34.4 Å². The Kier molecular flexibility index (Phi) is 7.50. The minimum atomic E-state index is -0.312. The first kappa shape index (κ1) is 19.8. The van der Waals surface area contributed by atoms with Crippen molar-refractivity contribution in [1.82, 2.24) is 20.5 Å². The first-order valence-electron chi connectivity index (χ1n) is 9.14. The van der Waals surface area contributed by atoms with Gasteiger partial charge in [-0.25, -0.2) is 14.6 Å². The number of aromatic nitrogens is 1. The van der Waals surface area contributed by atoms with Crippen LogP contribution in [0.5, 0.6) is 0 Å². The normalized spacial score (nSPS) is 14.7. The number of nitrogens with one attached hydrogen (secondary N) is 2. The van der Waals surface area contributed by atoms with Crippen LogP contribution >= 0.6 is 0 Å². The Morgan fingerprint density at radius 3 is 2.50 bits per heavy atom. The smallest absolute Gasteiger partial charge is 0.409 e. The van der Waals surface area contributed by atoms with E-state index in [1.54, 1.807) is 11.1 Å². The summed E-state index contributed by atoms with van der Waals surface area (Å²) in [4.78, 5) is 31.8. The van der Waals surface area contributed by atoms with E-state index in [1.165, 1.54) is 7.11 Å². The lowest BCUT2D eigenvalue weighted by molar-refractivity contribution is 0.110. The highest BCUT2D eigenvalue weighted by Crippen LogP contribution is 2.12. The molecule has 1 saturated heterocycles. The van der Waals surface area contributed by atoms with E-state index in [1.807, 2.05) is 12.1 Å². The van der Waals surface area contributed by atoms with Crippen molar-refractivity contribution in [1.29, 1.82) is 0 Å². The third kappa shape index (κ3) is 5.50. The second-order valence-corrected chi connectivity index (χ2v) is 6.26. The average Bonchev–Trinajstić information content (AvgIpc) is 2.68. The predicted octanol–water partition coefficient (Wildman–Crippen LogP) is 1.96. The second kappa shape index (κ2) is 9.84. The quantitative estimate of drug-likeness (QED) is 0.807. The van der Waals surface area contributed by atoms with Gasteiger partial charge in [-0.1, -0.05) is 6.07 Å². The number of urea groups is 1. The van der Waals surface area contributed by atoms with E-state index in [0.717, 1.165) is 37.3 Å². The molecule has 2 heterocycles. The minimum Gasteiger partial charge on any atom is -0.453 e. The fourth-order valence-corrected chi connectivity index (χ4v) is 3.01. The third-order valence-electron chi connectivity index (χ3n) is 4.61. The van der Waals surface area contributed by atoms with Crippen LogP contribution < -0.4 is 15.5 Å². The van der Waals surface area contributed by atoms with Crippen LogP contribution in [0.15, 0.2) is 18.3 Å². The van der Waals surface area contributed by atoms with Gasteiger partial charge in [-0.2, -0.15) is 0 Å². The van der Waals surface area contributed by atoms with Crippen molar-refractivity contribution >= 4 is 17.9 Å². The first-order valence-corrected chi connectivity index (χ1v) is 9.14. The highest BCUT2D eigenvalue weighted by atomic mass is 16.5. The molecule has 0 spiro atoms. The fraction of sp³-hybridized carbons (Fsp3) is 0.611. The second-order valence-electron chi connectivity index (χ2n) is 6.26. The maximum atomic E-state index is 12.1. The van der Waals surface area contributed by atoms with Crippen LogP contribution in [-0.2, 0) is 11.3 Å². The summed E-state index contributed by atoms with van der Waals surface area (Å²) in [6.45, 7) is 7.64. The molecule has 0 aromatic carbocycles. The van der Waals surface area contributed by atoms with Crippen molar-refractivity contribution in [3.8, 4) is 0 Å². The largest absolute Gasteiger partial charge is 0.453 e. The zero-order valence-electron chi connectivity index (χ0n) is 15.8. The van der Waals surface area contributed by atoms with E-state index in [-0.39, 0.29) is 18.2 Å². The summed E-state index contributed by atoms with van der Waals surface area (Å²) in [7, 11) is 1.38. The number of amides is 3. The van der Waals surface area contributed by atoms with Crippen molar-refractivity contribution in [2.24, 2.45) is 0 Å². The molecule has 2 N–H and O–H groups in total. The predicted molar refractivity (Wildman–Crippen MR) is 100 cm³/mol. The van der Waals surface area contributed by atoms with Crippen molar-refractivity contribution in [2.45, 2.75) is 39.3 Å². The first-order chi connectivity index (χ1) is 12.6. The monoisotopic (exact) mass is 363 g/mol. The number of methoxy groups -OCH3 is 1. The molecule has 0 radical (unpaired) electrons. The number of carbonyl (C=O) groups excluding carboxylic acids is 2. The van der Waals surface area contributed by atoms with Crippen LogP contribution in [0.1, 0.15) is 32.3 Å². The summed E-state index contributed by atoms with van der Waals surface area (Å²) in [5.74, 6) is 0.945. The fourth-order valence-electron chi connectivity index (χ4n) is 3.01. The number of piperidine rings is 1. The Hall–Kier alpha value is -2.51. The van der Waals surface area contributed by atoms with Gasteiger partial charge in [0.2, 0.25) is 0 Å². The molecule has 1 aromatic rings. The molecule has 26 heavy (non-hydrogen) atoms. The molecule has 0 atom stereocenters. The highest BCUT2D eigenvalue weighted by Gasteiger charge is 2.24. The molecule has 8 nitrogen and oxygen atoms in total. The molecule has 8 heteroatoms. The Morgan fingerprint density at radius 2 is 1.96 bits per heavy atom. The Labute approximate surface area is 154 Å². The zero-order valence-corrected chi connectivity index (χ0v) is 15.8. The van der Waals surface area contributed by atoms with Crippen molar-refractivity contribution in [3.63, 3.8) is 0 Å². The molecular weight excluding hydrogens is 334 g/mol. The molecule has 1 fully saturated rings. The number of ether oxygens (including phenoxy) is 1. The molecule has 144 valence electrons. The summed E-state index contributed by atoms with van der Waals surface area (Å²) in [5.41, 5.74) is 0.955. The van der Waals surface area contributed by atoms with E-state index in [9.17, 15) is 9.59 Å². The van der Waals surface area contributed by atoms with Gasteiger partial charge < -0.3 is 25.2 Å². The number of nitrogens with zero attached hydrogens (tertiary/aromatic N) is 3. The third-order valence-corrected chi connectivity index (χ3v) is 4.61.